The molecule has 1 aromatic carbocycles. The number of carbonyl (C=O) groups excluding carboxylic acids is 2. The minimum atomic E-state index is -0.339. The molecule has 2 aromatic rings. The normalized spacial score (nSPS) is 13.9. The molecule has 0 saturated carbocycles. The number of hydrogen-bond acceptors (Lipinski definition) is 6. The number of nitrogens with one attached hydrogen (secondary N) is 1. The molecule has 1 fully saturated rings. The van der Waals surface area contributed by atoms with Crippen molar-refractivity contribution in [3.63, 3.8) is 0 Å². The topological polar surface area (TPSA) is 87.7 Å². The number of ether oxygens (including phenoxy) is 1. The van der Waals surface area contributed by atoms with E-state index < -0.39 is 0 Å². The average molecular weight is 387 g/mol. The van der Waals surface area contributed by atoms with Crippen LogP contribution in [0.15, 0.2) is 36.4 Å². The van der Waals surface area contributed by atoms with Crippen molar-refractivity contribution in [2.24, 2.45) is 0 Å². The van der Waals surface area contributed by atoms with Gasteiger partial charge in [0, 0.05) is 26.2 Å². The van der Waals surface area contributed by atoms with E-state index in [-0.39, 0.29) is 24.2 Å². The largest absolute Gasteiger partial charge is 0.450 e. The second-order valence-corrected chi connectivity index (χ2v) is 6.30. The molecule has 9 heteroatoms. The zero-order chi connectivity index (χ0) is 19.9. The van der Waals surface area contributed by atoms with Crippen LogP contribution in [0.5, 0.6) is 0 Å². The fourth-order valence-corrected chi connectivity index (χ4v) is 2.87. The third kappa shape index (κ3) is 5.15. The number of carbonyl (C=O) groups is 2. The molecule has 28 heavy (non-hydrogen) atoms. The summed E-state index contributed by atoms with van der Waals surface area (Å²) in [6.45, 7) is 4.50. The minimum absolute atomic E-state index is 0.125. The Morgan fingerprint density at radius 3 is 2.39 bits per heavy atom. The molecule has 0 spiro atoms. The lowest BCUT2D eigenvalue weighted by Crippen LogP contribution is -2.49. The van der Waals surface area contributed by atoms with Gasteiger partial charge in [-0.1, -0.05) is 12.1 Å². The second kappa shape index (κ2) is 9.12. The molecule has 2 heterocycles. The van der Waals surface area contributed by atoms with Crippen LogP contribution in [0.3, 0.4) is 0 Å². The van der Waals surface area contributed by atoms with Gasteiger partial charge in [-0.25, -0.2) is 9.18 Å². The summed E-state index contributed by atoms with van der Waals surface area (Å²) in [5.74, 6) is 0.437. The van der Waals surface area contributed by atoms with Crippen LogP contribution in [-0.4, -0.2) is 59.9 Å². The number of halogens is 1. The first-order chi connectivity index (χ1) is 13.5. The van der Waals surface area contributed by atoms with Crippen LogP contribution in [0.4, 0.5) is 20.8 Å². The zero-order valence-corrected chi connectivity index (χ0v) is 15.6. The average Bonchev–Trinajstić information content (AvgIpc) is 2.71. The van der Waals surface area contributed by atoms with E-state index in [9.17, 15) is 14.0 Å². The van der Waals surface area contributed by atoms with Crippen molar-refractivity contribution in [2.45, 2.75) is 13.3 Å². The maximum absolute atomic E-state index is 12.9. The van der Waals surface area contributed by atoms with Crippen LogP contribution in [0.25, 0.3) is 0 Å². The molecular weight excluding hydrogens is 365 g/mol. The fraction of sp³-hybridized carbons (Fsp3) is 0.368. The molecule has 1 saturated heterocycles. The zero-order valence-electron chi connectivity index (χ0n) is 15.6. The van der Waals surface area contributed by atoms with Crippen molar-refractivity contribution in [1.29, 1.82) is 0 Å². The molecule has 0 radical (unpaired) electrons. The molecule has 3 rings (SSSR count). The third-order valence-corrected chi connectivity index (χ3v) is 4.33. The van der Waals surface area contributed by atoms with Crippen molar-refractivity contribution in [3.05, 3.63) is 47.8 Å². The van der Waals surface area contributed by atoms with Crippen LogP contribution in [0.1, 0.15) is 12.5 Å². The van der Waals surface area contributed by atoms with Crippen LogP contribution in [-0.2, 0) is 16.0 Å². The summed E-state index contributed by atoms with van der Waals surface area (Å²) in [5.41, 5.74) is 0.711. The monoisotopic (exact) mass is 387 g/mol. The highest BCUT2D eigenvalue weighted by Crippen LogP contribution is 2.15. The first-order valence-corrected chi connectivity index (χ1v) is 9.10. The van der Waals surface area contributed by atoms with Crippen molar-refractivity contribution in [2.75, 3.05) is 43.0 Å². The van der Waals surface area contributed by atoms with Crippen molar-refractivity contribution in [1.82, 2.24) is 15.1 Å². The molecule has 1 aromatic heterocycles. The van der Waals surface area contributed by atoms with E-state index in [1.165, 1.54) is 12.1 Å². The van der Waals surface area contributed by atoms with E-state index in [1.807, 2.05) is 4.90 Å². The van der Waals surface area contributed by atoms with Crippen molar-refractivity contribution in [3.8, 4) is 0 Å². The Morgan fingerprint density at radius 2 is 1.79 bits per heavy atom. The molecule has 1 aliphatic heterocycles. The fourth-order valence-electron chi connectivity index (χ4n) is 2.87. The van der Waals surface area contributed by atoms with Gasteiger partial charge in [-0.15, -0.1) is 10.2 Å². The third-order valence-electron chi connectivity index (χ3n) is 4.33. The molecule has 0 atom stereocenters. The van der Waals surface area contributed by atoms with E-state index in [1.54, 1.807) is 36.1 Å². The lowest BCUT2D eigenvalue weighted by molar-refractivity contribution is -0.115. The molecule has 2 amide bonds. The first-order valence-electron chi connectivity index (χ1n) is 9.10. The number of hydrogen-bond donors (Lipinski definition) is 1. The van der Waals surface area contributed by atoms with Crippen LogP contribution >= 0.6 is 0 Å². The molecule has 1 N–H and O–H groups in total. The number of anilines is 2. The number of aromatic nitrogens is 2. The Kier molecular flexibility index (Phi) is 6.36. The summed E-state index contributed by atoms with van der Waals surface area (Å²) in [4.78, 5) is 27.5. The summed E-state index contributed by atoms with van der Waals surface area (Å²) >= 11 is 0. The minimum Gasteiger partial charge on any atom is -0.450 e. The summed E-state index contributed by atoms with van der Waals surface area (Å²) < 4.78 is 17.9. The van der Waals surface area contributed by atoms with Crippen LogP contribution < -0.4 is 10.2 Å². The Labute approximate surface area is 162 Å². The lowest BCUT2D eigenvalue weighted by Gasteiger charge is -2.34. The standard InChI is InChI=1S/C19H22FN5O3/c1-2-28-19(27)25-11-9-24(10-12-25)17-8-7-16(22-23-17)21-18(26)13-14-3-5-15(20)6-4-14/h3-8H,2,9-13H2,1H3,(H,21,22,26). The van der Waals surface area contributed by atoms with Crippen LogP contribution in [0.2, 0.25) is 0 Å². The van der Waals surface area contributed by atoms with E-state index in [4.69, 9.17) is 4.74 Å². The van der Waals surface area contributed by atoms with Gasteiger partial charge in [0.25, 0.3) is 0 Å². The molecule has 0 bridgehead atoms. The maximum atomic E-state index is 12.9. The van der Waals surface area contributed by atoms with E-state index in [2.05, 4.69) is 15.5 Å². The predicted octanol–water partition coefficient (Wildman–Crippen LogP) is 2.08. The number of benzene rings is 1. The highest BCUT2D eigenvalue weighted by Gasteiger charge is 2.22. The Balaban J connectivity index is 1.50. The molecule has 0 aliphatic carbocycles. The summed E-state index contributed by atoms with van der Waals surface area (Å²) in [7, 11) is 0. The Morgan fingerprint density at radius 1 is 1.07 bits per heavy atom. The Hall–Kier alpha value is -3.23. The second-order valence-electron chi connectivity index (χ2n) is 6.30. The number of amides is 2. The smallest absolute Gasteiger partial charge is 0.409 e. The van der Waals surface area contributed by atoms with Gasteiger partial charge in [-0.05, 0) is 36.8 Å². The Bertz CT molecular complexity index is 805. The molecular formula is C19H22FN5O3. The quantitative estimate of drug-likeness (QED) is 0.845. The van der Waals surface area contributed by atoms with Gasteiger partial charge >= 0.3 is 6.09 Å². The molecule has 0 unspecified atom stereocenters. The van der Waals surface area contributed by atoms with Crippen LogP contribution in [0, 0.1) is 5.82 Å². The SMILES string of the molecule is CCOC(=O)N1CCN(c2ccc(NC(=O)Cc3ccc(F)cc3)nn2)CC1. The van der Waals surface area contributed by atoms with Gasteiger partial charge in [0.2, 0.25) is 5.91 Å². The van der Waals surface area contributed by atoms with Crippen molar-refractivity contribution < 1.29 is 18.7 Å². The number of piperazine rings is 1. The number of rotatable bonds is 5. The van der Waals surface area contributed by atoms with E-state index >= 15 is 0 Å². The highest BCUT2D eigenvalue weighted by atomic mass is 19.1. The van der Waals surface area contributed by atoms with Gasteiger partial charge in [0.15, 0.2) is 11.6 Å². The number of nitrogens with zero attached hydrogens (tertiary/aromatic N) is 4. The van der Waals surface area contributed by atoms with Gasteiger partial charge in [-0.2, -0.15) is 0 Å². The summed E-state index contributed by atoms with van der Waals surface area (Å²) in [5, 5.41) is 10.9. The van der Waals surface area contributed by atoms with Gasteiger partial charge in [0.1, 0.15) is 5.82 Å². The van der Waals surface area contributed by atoms with Crippen molar-refractivity contribution >= 4 is 23.6 Å². The first kappa shape index (κ1) is 19.5. The van der Waals surface area contributed by atoms with Gasteiger partial charge in [-0.3, -0.25) is 4.79 Å². The van der Waals surface area contributed by atoms with E-state index in [0.29, 0.717) is 50.0 Å². The predicted molar refractivity (Wildman–Crippen MR) is 102 cm³/mol. The summed E-state index contributed by atoms with van der Waals surface area (Å²) in [6, 6.07) is 9.24. The molecule has 148 valence electrons. The molecule has 1 aliphatic rings. The summed E-state index contributed by atoms with van der Waals surface area (Å²) in [6.07, 6.45) is -0.174. The lowest BCUT2D eigenvalue weighted by atomic mass is 10.1. The maximum Gasteiger partial charge on any atom is 0.409 e. The molecule has 8 nitrogen and oxygen atoms in total. The highest BCUT2D eigenvalue weighted by molar-refractivity contribution is 5.91. The van der Waals surface area contributed by atoms with Gasteiger partial charge < -0.3 is 19.9 Å². The van der Waals surface area contributed by atoms with E-state index in [0.717, 1.165) is 0 Å². The van der Waals surface area contributed by atoms with Gasteiger partial charge in [0.05, 0.1) is 13.0 Å².